The summed E-state index contributed by atoms with van der Waals surface area (Å²) < 4.78 is 4.98. The predicted octanol–water partition coefficient (Wildman–Crippen LogP) is 3.57. The highest BCUT2D eigenvalue weighted by Gasteiger charge is 2.11. The van der Waals surface area contributed by atoms with Gasteiger partial charge in [-0.2, -0.15) is 5.10 Å². The molecule has 0 fully saturated rings. The molecule has 0 unspecified atom stereocenters. The molecule has 0 aliphatic heterocycles. The van der Waals surface area contributed by atoms with Crippen LogP contribution in [0.15, 0.2) is 71.2 Å². The van der Waals surface area contributed by atoms with Gasteiger partial charge in [-0.1, -0.05) is 35.0 Å². The van der Waals surface area contributed by atoms with Crippen LogP contribution in [0.2, 0.25) is 5.02 Å². The van der Waals surface area contributed by atoms with E-state index in [0.717, 1.165) is 16.1 Å². The third kappa shape index (κ3) is 3.59. The van der Waals surface area contributed by atoms with E-state index >= 15 is 0 Å². The van der Waals surface area contributed by atoms with Gasteiger partial charge in [-0.25, -0.2) is 9.20 Å². The van der Waals surface area contributed by atoms with Gasteiger partial charge in [-0.15, -0.1) is 16.4 Å². The lowest BCUT2D eigenvalue weighted by atomic mass is 10.2. The Morgan fingerprint density at radius 2 is 1.93 bits per heavy atom. The zero-order valence-electron chi connectivity index (χ0n) is 15.1. The van der Waals surface area contributed by atoms with Crippen LogP contribution in [0.25, 0.3) is 16.1 Å². The number of hydrogen-bond donors (Lipinski definition) is 0. The number of fused-ring (bicyclic) bond motifs is 1. The molecule has 29 heavy (non-hydrogen) atoms. The van der Waals surface area contributed by atoms with Crippen LogP contribution in [-0.2, 0) is 13.1 Å². The van der Waals surface area contributed by atoms with E-state index in [-0.39, 0.29) is 5.56 Å². The van der Waals surface area contributed by atoms with Crippen LogP contribution in [0.4, 0.5) is 0 Å². The van der Waals surface area contributed by atoms with Gasteiger partial charge in [0.15, 0.2) is 0 Å². The van der Waals surface area contributed by atoms with Crippen molar-refractivity contribution in [2.24, 2.45) is 0 Å². The SMILES string of the molecule is O=c1c2cc(-c3cccs3)nn2ccn1Cc1cn(Cc2ccc(Cl)cc2)nn1. The van der Waals surface area contributed by atoms with Gasteiger partial charge >= 0.3 is 0 Å². The molecule has 0 aliphatic rings. The van der Waals surface area contributed by atoms with Crippen LogP contribution in [0.1, 0.15) is 11.3 Å². The van der Waals surface area contributed by atoms with Gasteiger partial charge in [0.2, 0.25) is 0 Å². The van der Waals surface area contributed by atoms with E-state index in [1.165, 1.54) is 0 Å². The number of aromatic nitrogens is 6. The summed E-state index contributed by atoms with van der Waals surface area (Å²) in [7, 11) is 0. The molecule has 144 valence electrons. The standard InChI is InChI=1S/C20H15ClN6OS/c21-15-5-3-14(4-6-15)11-26-13-16(22-24-26)12-25-7-8-27-18(20(25)28)10-17(23-27)19-2-1-9-29-19/h1-10,13H,11-12H2. The average molecular weight is 423 g/mol. The topological polar surface area (TPSA) is 70.0 Å². The maximum atomic E-state index is 12.9. The number of thiophene rings is 1. The molecule has 5 aromatic rings. The number of hydrogen-bond acceptors (Lipinski definition) is 5. The zero-order chi connectivity index (χ0) is 19.8. The summed E-state index contributed by atoms with van der Waals surface area (Å²) in [5.41, 5.74) is 3.00. The lowest BCUT2D eigenvalue weighted by Gasteiger charge is -2.03. The van der Waals surface area contributed by atoms with Gasteiger partial charge in [0.25, 0.3) is 5.56 Å². The van der Waals surface area contributed by atoms with E-state index in [1.807, 2.05) is 54.0 Å². The highest BCUT2D eigenvalue weighted by atomic mass is 35.5. The molecule has 0 amide bonds. The van der Waals surface area contributed by atoms with Crippen molar-refractivity contribution in [2.75, 3.05) is 0 Å². The van der Waals surface area contributed by atoms with E-state index in [4.69, 9.17) is 11.6 Å². The fraction of sp³-hybridized carbons (Fsp3) is 0.100. The van der Waals surface area contributed by atoms with Gasteiger partial charge in [0.05, 0.1) is 24.2 Å². The Morgan fingerprint density at radius 3 is 2.72 bits per heavy atom. The Morgan fingerprint density at radius 1 is 1.07 bits per heavy atom. The first kappa shape index (κ1) is 17.8. The minimum atomic E-state index is -0.116. The van der Waals surface area contributed by atoms with Crippen LogP contribution in [0.3, 0.4) is 0 Å². The van der Waals surface area contributed by atoms with Crippen LogP contribution in [-0.4, -0.2) is 29.2 Å². The molecule has 5 rings (SSSR count). The maximum Gasteiger partial charge on any atom is 0.276 e. The van der Waals surface area contributed by atoms with E-state index in [2.05, 4.69) is 15.4 Å². The molecule has 1 aromatic carbocycles. The molecule has 0 saturated carbocycles. The molecule has 0 aliphatic carbocycles. The third-order valence-electron chi connectivity index (χ3n) is 4.55. The molecule has 4 aromatic heterocycles. The molecule has 7 nitrogen and oxygen atoms in total. The summed E-state index contributed by atoms with van der Waals surface area (Å²) in [4.78, 5) is 13.9. The fourth-order valence-electron chi connectivity index (χ4n) is 3.14. The van der Waals surface area contributed by atoms with Gasteiger partial charge < -0.3 is 4.57 Å². The molecule has 0 bridgehead atoms. The molecule has 0 saturated heterocycles. The van der Waals surface area contributed by atoms with Crippen molar-refractivity contribution in [3.05, 3.63) is 93.1 Å². The molecule has 9 heteroatoms. The number of halogens is 1. The normalized spacial score (nSPS) is 11.3. The van der Waals surface area contributed by atoms with E-state index < -0.39 is 0 Å². The minimum absolute atomic E-state index is 0.116. The summed E-state index contributed by atoms with van der Waals surface area (Å²) >= 11 is 7.52. The molecule has 0 atom stereocenters. The maximum absolute atomic E-state index is 12.9. The smallest absolute Gasteiger partial charge is 0.276 e. The second-order valence-electron chi connectivity index (χ2n) is 6.60. The molecular formula is C20H15ClN6OS. The number of benzene rings is 1. The first-order chi connectivity index (χ1) is 14.2. The lowest BCUT2D eigenvalue weighted by Crippen LogP contribution is -2.21. The largest absolute Gasteiger partial charge is 0.306 e. The summed E-state index contributed by atoms with van der Waals surface area (Å²) in [6, 6.07) is 13.4. The Labute approximate surface area is 174 Å². The van der Waals surface area contributed by atoms with Crippen molar-refractivity contribution >= 4 is 28.5 Å². The molecule has 0 radical (unpaired) electrons. The second-order valence-corrected chi connectivity index (χ2v) is 7.99. The van der Waals surface area contributed by atoms with Gasteiger partial charge in [0.1, 0.15) is 16.9 Å². The molecule has 0 N–H and O–H groups in total. The van der Waals surface area contributed by atoms with Crippen molar-refractivity contribution in [3.8, 4) is 10.6 Å². The monoisotopic (exact) mass is 422 g/mol. The third-order valence-corrected chi connectivity index (χ3v) is 5.70. The second kappa shape index (κ2) is 7.31. The Kier molecular flexibility index (Phi) is 4.49. The highest BCUT2D eigenvalue weighted by molar-refractivity contribution is 7.13. The van der Waals surface area contributed by atoms with Crippen LogP contribution < -0.4 is 5.56 Å². The quantitative estimate of drug-likeness (QED) is 0.434. The first-order valence-electron chi connectivity index (χ1n) is 8.92. The molecule has 0 spiro atoms. The Bertz CT molecular complexity index is 1330. The van der Waals surface area contributed by atoms with Crippen LogP contribution in [0.5, 0.6) is 0 Å². The Balaban J connectivity index is 1.39. The summed E-state index contributed by atoms with van der Waals surface area (Å²) in [6.45, 7) is 0.931. The fourth-order valence-corrected chi connectivity index (χ4v) is 3.94. The lowest BCUT2D eigenvalue weighted by molar-refractivity contribution is 0.648. The summed E-state index contributed by atoms with van der Waals surface area (Å²) in [5.74, 6) is 0. The number of rotatable bonds is 5. The van der Waals surface area contributed by atoms with Crippen molar-refractivity contribution in [1.82, 2.24) is 29.2 Å². The summed E-state index contributed by atoms with van der Waals surface area (Å²) in [5, 5.41) is 15.5. The van der Waals surface area contributed by atoms with Crippen LogP contribution >= 0.6 is 22.9 Å². The molecular weight excluding hydrogens is 408 g/mol. The van der Waals surface area contributed by atoms with Crippen molar-refractivity contribution in [2.45, 2.75) is 13.1 Å². The molecule has 4 heterocycles. The van der Waals surface area contributed by atoms with Gasteiger partial charge in [-0.05, 0) is 35.2 Å². The van der Waals surface area contributed by atoms with Gasteiger partial charge in [0, 0.05) is 17.4 Å². The average Bonchev–Trinajstić information content (AvgIpc) is 3.46. The highest BCUT2D eigenvalue weighted by Crippen LogP contribution is 2.23. The van der Waals surface area contributed by atoms with Crippen molar-refractivity contribution < 1.29 is 0 Å². The van der Waals surface area contributed by atoms with E-state index in [1.54, 1.807) is 37.5 Å². The van der Waals surface area contributed by atoms with Crippen molar-refractivity contribution in [3.63, 3.8) is 0 Å². The van der Waals surface area contributed by atoms with Gasteiger partial charge in [-0.3, -0.25) is 4.79 Å². The minimum Gasteiger partial charge on any atom is -0.306 e. The summed E-state index contributed by atoms with van der Waals surface area (Å²) in [6.07, 6.45) is 5.35. The van der Waals surface area contributed by atoms with E-state index in [0.29, 0.717) is 29.3 Å². The Hall–Kier alpha value is -3.23. The first-order valence-corrected chi connectivity index (χ1v) is 10.2. The predicted molar refractivity (Wildman–Crippen MR) is 112 cm³/mol. The van der Waals surface area contributed by atoms with Crippen molar-refractivity contribution in [1.29, 1.82) is 0 Å². The zero-order valence-corrected chi connectivity index (χ0v) is 16.7. The van der Waals surface area contributed by atoms with E-state index in [9.17, 15) is 4.79 Å². The van der Waals surface area contributed by atoms with Crippen LogP contribution in [0, 0.1) is 0 Å². The number of nitrogens with zero attached hydrogens (tertiary/aromatic N) is 6.